The van der Waals surface area contributed by atoms with Crippen LogP contribution in [0.3, 0.4) is 0 Å². The van der Waals surface area contributed by atoms with Crippen LogP contribution in [0, 0.1) is 0 Å². The SMILES string of the molecule is NC(=O)CCc1cc(Br)cc(Br)c1. The van der Waals surface area contributed by atoms with Crippen LogP contribution in [-0.2, 0) is 11.2 Å². The van der Waals surface area contributed by atoms with Gasteiger partial charge in [0.2, 0.25) is 5.91 Å². The van der Waals surface area contributed by atoms with E-state index in [-0.39, 0.29) is 5.91 Å². The molecule has 1 aromatic rings. The van der Waals surface area contributed by atoms with E-state index in [1.807, 2.05) is 18.2 Å². The number of nitrogens with two attached hydrogens (primary N) is 1. The summed E-state index contributed by atoms with van der Waals surface area (Å²) in [7, 11) is 0. The largest absolute Gasteiger partial charge is 0.370 e. The Hall–Kier alpha value is -0.350. The smallest absolute Gasteiger partial charge is 0.217 e. The maximum atomic E-state index is 10.5. The molecule has 70 valence electrons. The molecule has 0 aliphatic rings. The van der Waals surface area contributed by atoms with Gasteiger partial charge in [-0.25, -0.2) is 0 Å². The van der Waals surface area contributed by atoms with Gasteiger partial charge in [-0.1, -0.05) is 31.9 Å². The van der Waals surface area contributed by atoms with Crippen LogP contribution < -0.4 is 5.73 Å². The molecule has 0 spiro atoms. The first-order valence-electron chi connectivity index (χ1n) is 3.81. The van der Waals surface area contributed by atoms with E-state index in [1.54, 1.807) is 0 Å². The van der Waals surface area contributed by atoms with Gasteiger partial charge in [0.25, 0.3) is 0 Å². The van der Waals surface area contributed by atoms with Gasteiger partial charge in [-0.15, -0.1) is 0 Å². The predicted molar refractivity (Wildman–Crippen MR) is 59.4 cm³/mol. The maximum absolute atomic E-state index is 10.5. The highest BCUT2D eigenvalue weighted by atomic mass is 79.9. The molecule has 0 aromatic heterocycles. The molecular formula is C9H9Br2NO. The zero-order valence-electron chi connectivity index (χ0n) is 6.89. The van der Waals surface area contributed by atoms with Crippen molar-refractivity contribution in [2.24, 2.45) is 5.73 Å². The van der Waals surface area contributed by atoms with E-state index in [0.717, 1.165) is 14.5 Å². The average Bonchev–Trinajstić information content (AvgIpc) is 1.99. The highest BCUT2D eigenvalue weighted by molar-refractivity contribution is 9.11. The lowest BCUT2D eigenvalue weighted by Gasteiger charge is -2.01. The maximum Gasteiger partial charge on any atom is 0.217 e. The lowest BCUT2D eigenvalue weighted by Crippen LogP contribution is -2.11. The summed E-state index contributed by atoms with van der Waals surface area (Å²) in [5.74, 6) is -0.268. The van der Waals surface area contributed by atoms with Crippen molar-refractivity contribution in [3.05, 3.63) is 32.7 Å². The number of benzene rings is 1. The first-order chi connectivity index (χ1) is 6.08. The minimum absolute atomic E-state index is 0.268. The number of hydrogen-bond donors (Lipinski definition) is 1. The number of amides is 1. The van der Waals surface area contributed by atoms with Gasteiger partial charge in [-0.05, 0) is 30.2 Å². The Morgan fingerprint density at radius 3 is 2.23 bits per heavy atom. The number of rotatable bonds is 3. The molecule has 0 aliphatic carbocycles. The average molecular weight is 307 g/mol. The van der Waals surface area contributed by atoms with Crippen LogP contribution in [0.25, 0.3) is 0 Å². The van der Waals surface area contributed by atoms with Crippen molar-refractivity contribution in [1.82, 2.24) is 0 Å². The quantitative estimate of drug-likeness (QED) is 0.916. The molecule has 1 amide bonds. The number of carbonyl (C=O) groups excluding carboxylic acids is 1. The molecule has 0 aliphatic heterocycles. The van der Waals surface area contributed by atoms with Crippen molar-refractivity contribution in [1.29, 1.82) is 0 Å². The number of carbonyl (C=O) groups is 1. The Morgan fingerprint density at radius 1 is 1.23 bits per heavy atom. The van der Waals surface area contributed by atoms with Gasteiger partial charge in [0.15, 0.2) is 0 Å². The lowest BCUT2D eigenvalue weighted by molar-refractivity contribution is -0.117. The number of aryl methyl sites for hydroxylation is 1. The fourth-order valence-electron chi connectivity index (χ4n) is 1.02. The summed E-state index contributed by atoms with van der Waals surface area (Å²) >= 11 is 6.75. The Morgan fingerprint density at radius 2 is 1.77 bits per heavy atom. The molecule has 0 fully saturated rings. The third-order valence-electron chi connectivity index (χ3n) is 1.58. The first kappa shape index (κ1) is 10.7. The van der Waals surface area contributed by atoms with Crippen molar-refractivity contribution in [2.45, 2.75) is 12.8 Å². The van der Waals surface area contributed by atoms with E-state index < -0.39 is 0 Å². The summed E-state index contributed by atoms with van der Waals surface area (Å²) in [6.07, 6.45) is 1.08. The molecule has 0 unspecified atom stereocenters. The van der Waals surface area contributed by atoms with Crippen molar-refractivity contribution >= 4 is 37.8 Å². The molecule has 0 bridgehead atoms. The van der Waals surface area contributed by atoms with E-state index in [4.69, 9.17) is 5.73 Å². The molecule has 0 heterocycles. The number of hydrogen-bond acceptors (Lipinski definition) is 1. The molecule has 1 rings (SSSR count). The van der Waals surface area contributed by atoms with Crippen LogP contribution in [0.15, 0.2) is 27.1 Å². The molecule has 0 saturated carbocycles. The summed E-state index contributed by atoms with van der Waals surface area (Å²) in [5, 5.41) is 0. The van der Waals surface area contributed by atoms with E-state index in [2.05, 4.69) is 31.9 Å². The van der Waals surface area contributed by atoms with Crippen molar-refractivity contribution in [3.63, 3.8) is 0 Å². The molecule has 13 heavy (non-hydrogen) atoms. The van der Waals surface area contributed by atoms with Gasteiger partial charge in [0.1, 0.15) is 0 Å². The van der Waals surface area contributed by atoms with Gasteiger partial charge in [0, 0.05) is 15.4 Å². The number of halogens is 2. The summed E-state index contributed by atoms with van der Waals surface area (Å²) < 4.78 is 2.00. The second kappa shape index (κ2) is 4.77. The van der Waals surface area contributed by atoms with Gasteiger partial charge >= 0.3 is 0 Å². The summed E-state index contributed by atoms with van der Waals surface area (Å²) in [5.41, 5.74) is 6.15. The molecule has 2 nitrogen and oxygen atoms in total. The summed E-state index contributed by atoms with van der Waals surface area (Å²) in [4.78, 5) is 10.5. The fourth-order valence-corrected chi connectivity index (χ4v) is 2.41. The minimum atomic E-state index is -0.268. The monoisotopic (exact) mass is 305 g/mol. The first-order valence-corrected chi connectivity index (χ1v) is 5.40. The van der Waals surface area contributed by atoms with Crippen LogP contribution in [0.2, 0.25) is 0 Å². The Bertz CT molecular complexity index is 305. The van der Waals surface area contributed by atoms with E-state index in [1.165, 1.54) is 0 Å². The Labute approximate surface area is 93.8 Å². The van der Waals surface area contributed by atoms with E-state index in [9.17, 15) is 4.79 Å². The molecule has 0 radical (unpaired) electrons. The number of primary amides is 1. The third-order valence-corrected chi connectivity index (χ3v) is 2.50. The van der Waals surface area contributed by atoms with Crippen LogP contribution in [0.5, 0.6) is 0 Å². The van der Waals surface area contributed by atoms with E-state index in [0.29, 0.717) is 12.8 Å². The second-order valence-corrected chi connectivity index (χ2v) is 4.58. The lowest BCUT2D eigenvalue weighted by atomic mass is 10.1. The van der Waals surface area contributed by atoms with Gasteiger partial charge < -0.3 is 5.73 Å². The normalized spacial score (nSPS) is 10.0. The third kappa shape index (κ3) is 3.91. The van der Waals surface area contributed by atoms with Gasteiger partial charge in [-0.2, -0.15) is 0 Å². The van der Waals surface area contributed by atoms with Crippen LogP contribution in [0.4, 0.5) is 0 Å². The Balaban J connectivity index is 2.71. The molecule has 0 atom stereocenters. The van der Waals surface area contributed by atoms with Gasteiger partial charge in [0.05, 0.1) is 0 Å². The second-order valence-electron chi connectivity index (χ2n) is 2.74. The Kier molecular flexibility index (Phi) is 3.93. The molecular weight excluding hydrogens is 298 g/mol. The van der Waals surface area contributed by atoms with E-state index >= 15 is 0 Å². The fraction of sp³-hybridized carbons (Fsp3) is 0.222. The molecule has 4 heteroatoms. The zero-order valence-corrected chi connectivity index (χ0v) is 10.1. The topological polar surface area (TPSA) is 43.1 Å². The van der Waals surface area contributed by atoms with Crippen LogP contribution in [0.1, 0.15) is 12.0 Å². The highest BCUT2D eigenvalue weighted by Gasteiger charge is 2.00. The highest BCUT2D eigenvalue weighted by Crippen LogP contribution is 2.20. The van der Waals surface area contributed by atoms with Crippen LogP contribution >= 0.6 is 31.9 Å². The molecule has 0 saturated heterocycles. The summed E-state index contributed by atoms with van der Waals surface area (Å²) in [6.45, 7) is 0. The van der Waals surface area contributed by atoms with Crippen LogP contribution in [-0.4, -0.2) is 5.91 Å². The van der Waals surface area contributed by atoms with Gasteiger partial charge in [-0.3, -0.25) is 4.79 Å². The summed E-state index contributed by atoms with van der Waals surface area (Å²) in [6, 6.07) is 5.91. The van der Waals surface area contributed by atoms with Crippen molar-refractivity contribution in [2.75, 3.05) is 0 Å². The van der Waals surface area contributed by atoms with Crippen molar-refractivity contribution in [3.8, 4) is 0 Å². The minimum Gasteiger partial charge on any atom is -0.370 e. The predicted octanol–water partition coefficient (Wildman–Crippen LogP) is 2.63. The van der Waals surface area contributed by atoms with Crippen molar-refractivity contribution < 1.29 is 4.79 Å². The standard InChI is InChI=1S/C9H9Br2NO/c10-7-3-6(1-2-9(12)13)4-8(11)5-7/h3-5H,1-2H2,(H2,12,13). The molecule has 1 aromatic carbocycles. The zero-order chi connectivity index (χ0) is 9.84. The molecule has 2 N–H and O–H groups in total.